The molecule has 22 heavy (non-hydrogen) atoms. The minimum absolute atomic E-state index is 0.498. The molecule has 0 amide bonds. The molecule has 0 saturated carbocycles. The Morgan fingerprint density at radius 2 is 1.59 bits per heavy atom. The van der Waals surface area contributed by atoms with Crippen LogP contribution >= 0.6 is 0 Å². The van der Waals surface area contributed by atoms with E-state index >= 15 is 0 Å². The van der Waals surface area contributed by atoms with Crippen molar-refractivity contribution in [1.82, 2.24) is 9.97 Å². The van der Waals surface area contributed by atoms with E-state index in [2.05, 4.69) is 32.1 Å². The van der Waals surface area contributed by atoms with Crippen LogP contribution in [0, 0.1) is 0 Å². The van der Waals surface area contributed by atoms with Gasteiger partial charge < -0.3 is 0 Å². The van der Waals surface area contributed by atoms with E-state index in [9.17, 15) is 0 Å². The molecule has 0 spiro atoms. The minimum Gasteiger partial charge on any atom is -0.267 e. The molecule has 0 saturated heterocycles. The Labute approximate surface area is 130 Å². The van der Waals surface area contributed by atoms with E-state index in [1.807, 2.05) is 43.3 Å². The molecular formula is C17H19N5. The molecule has 0 N–H and O–H groups in total. The largest absolute Gasteiger partial charge is 0.267 e. The summed E-state index contributed by atoms with van der Waals surface area (Å²) < 4.78 is 0. The van der Waals surface area contributed by atoms with Gasteiger partial charge in [-0.25, -0.2) is 0 Å². The molecule has 0 radical (unpaired) electrons. The van der Waals surface area contributed by atoms with Crippen LogP contribution in [-0.2, 0) is 0 Å². The van der Waals surface area contributed by atoms with Crippen molar-refractivity contribution in [3.05, 3.63) is 65.8 Å². The second-order valence-electron chi connectivity index (χ2n) is 4.66. The van der Waals surface area contributed by atoms with Gasteiger partial charge in [-0.05, 0) is 43.2 Å². The number of allylic oxidation sites excluding steroid dienone is 1. The molecule has 5 heteroatoms. The summed E-state index contributed by atoms with van der Waals surface area (Å²) in [4.78, 5) is 12.8. The molecule has 5 nitrogen and oxygen atoms in total. The first kappa shape index (κ1) is 15.7. The molecule has 0 aliphatic rings. The maximum Gasteiger partial charge on any atom is 0.195 e. The molecule has 2 heterocycles. The van der Waals surface area contributed by atoms with Crippen molar-refractivity contribution in [3.8, 4) is 0 Å². The summed E-state index contributed by atoms with van der Waals surface area (Å²) in [6.07, 6.45) is 4.34. The van der Waals surface area contributed by atoms with Gasteiger partial charge in [-0.1, -0.05) is 19.1 Å². The highest BCUT2D eigenvalue weighted by atomic mass is 15.2. The average molecular weight is 293 g/mol. The molecular weight excluding hydrogens is 274 g/mol. The Bertz CT molecular complexity index is 688. The number of hydrogen-bond donors (Lipinski definition) is 0. The number of hydrogen-bond acceptors (Lipinski definition) is 4. The molecule has 0 aliphatic heterocycles. The second kappa shape index (κ2) is 7.93. The van der Waals surface area contributed by atoms with Crippen molar-refractivity contribution in [1.29, 1.82) is 0 Å². The molecule has 2 rings (SSSR count). The maximum atomic E-state index is 4.38. The van der Waals surface area contributed by atoms with Gasteiger partial charge in [-0.3, -0.25) is 15.0 Å². The lowest BCUT2D eigenvalue weighted by molar-refractivity contribution is 1.07. The molecule has 0 bridgehead atoms. The molecule has 0 unspecified atom stereocenters. The number of aliphatic imine (C=N–C) groups is 1. The number of rotatable bonds is 4. The molecule has 0 atom stereocenters. The fraction of sp³-hybridized carbons (Fsp3) is 0.235. The molecule has 0 aromatic carbocycles. The first-order chi connectivity index (χ1) is 10.8. The summed E-state index contributed by atoms with van der Waals surface area (Å²) in [5, 5.41) is 8.66. The molecule has 2 aromatic heterocycles. The first-order valence-corrected chi connectivity index (χ1v) is 7.17. The number of azo groups is 1. The van der Waals surface area contributed by atoms with E-state index in [0.717, 1.165) is 23.4 Å². The zero-order chi connectivity index (χ0) is 15.8. The number of amidine groups is 1. The predicted molar refractivity (Wildman–Crippen MR) is 88.7 cm³/mol. The van der Waals surface area contributed by atoms with E-state index in [4.69, 9.17) is 0 Å². The van der Waals surface area contributed by atoms with E-state index in [1.165, 1.54) is 0 Å². The Balaban J connectivity index is 2.36. The van der Waals surface area contributed by atoms with Crippen LogP contribution in [0.25, 0.3) is 5.70 Å². The van der Waals surface area contributed by atoms with E-state index in [1.54, 1.807) is 19.4 Å². The lowest BCUT2D eigenvalue weighted by Gasteiger charge is -2.05. The van der Waals surface area contributed by atoms with Crippen molar-refractivity contribution >= 4 is 11.5 Å². The van der Waals surface area contributed by atoms with Gasteiger partial charge in [-0.2, -0.15) is 0 Å². The van der Waals surface area contributed by atoms with Crippen LogP contribution in [0.1, 0.15) is 31.7 Å². The Morgan fingerprint density at radius 3 is 2.09 bits per heavy atom. The Hall–Kier alpha value is -2.69. The van der Waals surface area contributed by atoms with E-state index in [-0.39, 0.29) is 0 Å². The first-order valence-electron chi connectivity index (χ1n) is 7.17. The lowest BCUT2D eigenvalue weighted by atomic mass is 10.1. The SMILES string of the molecule is CC\C(C)=C(/N=N\C(=N/C)c1ccccn1)c1ccccn1. The predicted octanol–water partition coefficient (Wildman–Crippen LogP) is 4.15. The zero-order valence-corrected chi connectivity index (χ0v) is 13.1. The minimum atomic E-state index is 0.498. The van der Waals surface area contributed by atoms with Crippen LogP contribution in [-0.4, -0.2) is 22.9 Å². The fourth-order valence-corrected chi connectivity index (χ4v) is 1.83. The van der Waals surface area contributed by atoms with Crippen molar-refractivity contribution in [2.24, 2.45) is 15.2 Å². The maximum absolute atomic E-state index is 4.38. The number of nitrogens with zero attached hydrogens (tertiary/aromatic N) is 5. The fourth-order valence-electron chi connectivity index (χ4n) is 1.83. The monoisotopic (exact) mass is 293 g/mol. The van der Waals surface area contributed by atoms with Crippen LogP contribution in [0.15, 0.2) is 69.6 Å². The van der Waals surface area contributed by atoms with Crippen LogP contribution < -0.4 is 0 Å². The smallest absolute Gasteiger partial charge is 0.195 e. The van der Waals surface area contributed by atoms with Crippen molar-refractivity contribution in [2.45, 2.75) is 20.3 Å². The quantitative estimate of drug-likeness (QED) is 0.483. The van der Waals surface area contributed by atoms with Gasteiger partial charge >= 0.3 is 0 Å². The lowest BCUT2D eigenvalue weighted by Crippen LogP contribution is -1.99. The van der Waals surface area contributed by atoms with Gasteiger partial charge in [0.1, 0.15) is 11.4 Å². The summed E-state index contributed by atoms with van der Waals surface area (Å²) in [7, 11) is 1.68. The molecule has 112 valence electrons. The van der Waals surface area contributed by atoms with Crippen LogP contribution in [0.4, 0.5) is 0 Å². The Morgan fingerprint density at radius 1 is 0.955 bits per heavy atom. The van der Waals surface area contributed by atoms with E-state index < -0.39 is 0 Å². The third-order valence-electron chi connectivity index (χ3n) is 3.19. The highest BCUT2D eigenvalue weighted by Gasteiger charge is 2.07. The summed E-state index contributed by atoms with van der Waals surface area (Å²) in [5.74, 6) is 0.498. The molecule has 2 aromatic rings. The zero-order valence-electron chi connectivity index (χ0n) is 13.1. The summed E-state index contributed by atoms with van der Waals surface area (Å²) in [6.45, 7) is 4.12. The van der Waals surface area contributed by atoms with Gasteiger partial charge in [0.25, 0.3) is 0 Å². The van der Waals surface area contributed by atoms with Crippen LogP contribution in [0.5, 0.6) is 0 Å². The normalized spacial score (nSPS) is 13.3. The van der Waals surface area contributed by atoms with Gasteiger partial charge in [-0.15, -0.1) is 10.2 Å². The third-order valence-corrected chi connectivity index (χ3v) is 3.19. The standard InChI is InChI=1S/C17H19N5/c1-4-13(2)16(14-9-5-7-11-19-14)21-22-17(18-3)15-10-6-8-12-20-15/h5-12H,4H2,1-3H3/b16-13-,18-17-,22-21-. The van der Waals surface area contributed by atoms with Gasteiger partial charge in [0.05, 0.1) is 5.69 Å². The van der Waals surface area contributed by atoms with Crippen LogP contribution in [0.2, 0.25) is 0 Å². The van der Waals surface area contributed by atoms with Crippen molar-refractivity contribution in [2.75, 3.05) is 7.05 Å². The van der Waals surface area contributed by atoms with Gasteiger partial charge in [0.2, 0.25) is 0 Å². The molecule has 0 aliphatic carbocycles. The van der Waals surface area contributed by atoms with Crippen LogP contribution in [0.3, 0.4) is 0 Å². The van der Waals surface area contributed by atoms with Gasteiger partial charge in [0.15, 0.2) is 5.84 Å². The van der Waals surface area contributed by atoms with Crippen molar-refractivity contribution < 1.29 is 0 Å². The summed E-state index contributed by atoms with van der Waals surface area (Å²) >= 11 is 0. The summed E-state index contributed by atoms with van der Waals surface area (Å²) in [6, 6.07) is 11.4. The van der Waals surface area contributed by atoms with Crippen molar-refractivity contribution in [3.63, 3.8) is 0 Å². The molecule has 0 fully saturated rings. The third kappa shape index (κ3) is 3.91. The van der Waals surface area contributed by atoms with Gasteiger partial charge in [0, 0.05) is 19.4 Å². The Kier molecular flexibility index (Phi) is 5.65. The second-order valence-corrected chi connectivity index (χ2v) is 4.66. The highest BCUT2D eigenvalue weighted by molar-refractivity contribution is 5.97. The topological polar surface area (TPSA) is 62.9 Å². The summed E-state index contributed by atoms with van der Waals surface area (Å²) in [5.41, 5.74) is 3.41. The number of aromatic nitrogens is 2. The van der Waals surface area contributed by atoms with E-state index in [0.29, 0.717) is 11.5 Å². The average Bonchev–Trinajstić information content (AvgIpc) is 2.60. The highest BCUT2D eigenvalue weighted by Crippen LogP contribution is 2.20. The number of pyridine rings is 2.